The van der Waals surface area contributed by atoms with Crippen LogP contribution in [-0.2, 0) is 9.59 Å². The third-order valence-electron chi connectivity index (χ3n) is 3.17. The number of hydrogen-bond acceptors (Lipinski definition) is 5. The monoisotopic (exact) mass is 355 g/mol. The normalized spacial score (nSPS) is 10.3. The third-order valence-corrected chi connectivity index (χ3v) is 3.17. The van der Waals surface area contributed by atoms with E-state index in [0.29, 0.717) is 23.6 Å². The van der Waals surface area contributed by atoms with Gasteiger partial charge in [-0.05, 0) is 48.9 Å². The minimum absolute atomic E-state index is 0.140. The van der Waals surface area contributed by atoms with Crippen molar-refractivity contribution < 1.29 is 24.2 Å². The summed E-state index contributed by atoms with van der Waals surface area (Å²) in [5, 5.41) is 14.9. The van der Waals surface area contributed by atoms with Gasteiger partial charge in [-0.1, -0.05) is 12.1 Å². The Morgan fingerprint density at radius 1 is 1.04 bits per heavy atom. The fourth-order valence-electron chi connectivity index (χ4n) is 1.92. The molecule has 0 aliphatic heterocycles. The van der Waals surface area contributed by atoms with Gasteiger partial charge in [-0.25, -0.2) is 10.2 Å². The van der Waals surface area contributed by atoms with Crippen molar-refractivity contribution in [2.45, 2.75) is 6.92 Å². The van der Waals surface area contributed by atoms with Crippen LogP contribution in [0, 0.1) is 0 Å². The highest BCUT2D eigenvalue weighted by atomic mass is 16.5. The fraction of sp³-hybridized carbons (Fsp3) is 0.111. The van der Waals surface area contributed by atoms with E-state index in [4.69, 9.17) is 9.84 Å². The van der Waals surface area contributed by atoms with E-state index >= 15 is 0 Å². The summed E-state index contributed by atoms with van der Waals surface area (Å²) in [6, 6.07) is 12.4. The lowest BCUT2D eigenvalue weighted by Crippen LogP contribution is -2.32. The Balaban J connectivity index is 1.86. The van der Waals surface area contributed by atoms with Crippen LogP contribution >= 0.6 is 0 Å². The van der Waals surface area contributed by atoms with Crippen molar-refractivity contribution in [2.24, 2.45) is 5.10 Å². The van der Waals surface area contributed by atoms with Gasteiger partial charge >= 0.3 is 17.8 Å². The number of nitrogens with one attached hydrogen (secondary N) is 2. The number of rotatable bonds is 6. The number of anilines is 1. The molecule has 2 rings (SSSR count). The molecule has 2 amide bonds. The van der Waals surface area contributed by atoms with Gasteiger partial charge in [0.15, 0.2) is 0 Å². The maximum Gasteiger partial charge on any atom is 0.335 e. The van der Waals surface area contributed by atoms with E-state index in [1.54, 1.807) is 24.3 Å². The molecular formula is C18H17N3O5. The first-order valence-corrected chi connectivity index (χ1v) is 7.70. The predicted molar refractivity (Wildman–Crippen MR) is 95.4 cm³/mol. The van der Waals surface area contributed by atoms with Gasteiger partial charge in [0.1, 0.15) is 5.75 Å². The van der Waals surface area contributed by atoms with Crippen LogP contribution < -0.4 is 15.5 Å². The molecule has 0 aliphatic carbocycles. The summed E-state index contributed by atoms with van der Waals surface area (Å²) in [6.45, 7) is 2.40. The topological polar surface area (TPSA) is 117 Å². The van der Waals surface area contributed by atoms with Gasteiger partial charge in [-0.3, -0.25) is 9.59 Å². The highest BCUT2D eigenvalue weighted by molar-refractivity contribution is 6.39. The van der Waals surface area contributed by atoms with Crippen LogP contribution in [0.15, 0.2) is 53.6 Å². The second-order valence-electron chi connectivity index (χ2n) is 5.04. The molecular weight excluding hydrogens is 338 g/mol. The molecule has 2 aromatic carbocycles. The van der Waals surface area contributed by atoms with Crippen molar-refractivity contribution >= 4 is 29.7 Å². The van der Waals surface area contributed by atoms with Gasteiger partial charge in [0, 0.05) is 5.69 Å². The molecule has 0 radical (unpaired) electrons. The van der Waals surface area contributed by atoms with Crippen LogP contribution in [-0.4, -0.2) is 35.7 Å². The van der Waals surface area contributed by atoms with E-state index in [2.05, 4.69) is 15.8 Å². The molecule has 0 aliphatic rings. The number of hydrazone groups is 1. The molecule has 2 aromatic rings. The zero-order valence-electron chi connectivity index (χ0n) is 13.9. The average Bonchev–Trinajstić information content (AvgIpc) is 2.64. The summed E-state index contributed by atoms with van der Waals surface area (Å²) in [6.07, 6.45) is 1.30. The third kappa shape index (κ3) is 5.45. The molecule has 0 unspecified atom stereocenters. The lowest BCUT2D eigenvalue weighted by Gasteiger charge is -2.06. The van der Waals surface area contributed by atoms with E-state index in [9.17, 15) is 14.4 Å². The van der Waals surface area contributed by atoms with E-state index < -0.39 is 17.8 Å². The molecule has 0 bridgehead atoms. The van der Waals surface area contributed by atoms with Gasteiger partial charge < -0.3 is 15.2 Å². The first-order chi connectivity index (χ1) is 12.5. The minimum atomic E-state index is -1.03. The molecule has 134 valence electrons. The highest BCUT2D eigenvalue weighted by Gasteiger charge is 2.12. The second kappa shape index (κ2) is 8.97. The van der Waals surface area contributed by atoms with Crippen LogP contribution in [0.1, 0.15) is 22.8 Å². The maximum absolute atomic E-state index is 11.8. The number of benzene rings is 2. The Morgan fingerprint density at radius 2 is 1.69 bits per heavy atom. The number of carboxylic acids is 1. The Labute approximate surface area is 149 Å². The first-order valence-electron chi connectivity index (χ1n) is 7.70. The number of carboxylic acid groups (broad SMARTS) is 1. The molecule has 8 nitrogen and oxygen atoms in total. The minimum Gasteiger partial charge on any atom is -0.494 e. The number of amides is 2. The van der Waals surface area contributed by atoms with Gasteiger partial charge in [-0.15, -0.1) is 0 Å². The SMILES string of the molecule is CCOc1ccc(NC(=O)C(=O)N/N=C/c2ccc(C(=O)O)cc2)cc1. The van der Waals surface area contributed by atoms with Crippen molar-refractivity contribution in [3.05, 3.63) is 59.7 Å². The summed E-state index contributed by atoms with van der Waals surface area (Å²) < 4.78 is 5.29. The number of nitrogens with zero attached hydrogens (tertiary/aromatic N) is 1. The molecule has 0 saturated carbocycles. The summed E-state index contributed by atoms with van der Waals surface area (Å²) in [7, 11) is 0. The quantitative estimate of drug-likeness (QED) is 0.415. The number of ether oxygens (including phenoxy) is 1. The first kappa shape index (κ1) is 18.7. The molecule has 26 heavy (non-hydrogen) atoms. The molecule has 0 atom stereocenters. The number of aromatic carboxylic acids is 1. The molecule has 8 heteroatoms. The molecule has 0 spiro atoms. The van der Waals surface area contributed by atoms with Crippen LogP contribution in [0.2, 0.25) is 0 Å². The Kier molecular flexibility index (Phi) is 6.44. The summed E-state index contributed by atoms with van der Waals surface area (Å²) in [5.74, 6) is -2.17. The zero-order valence-corrected chi connectivity index (χ0v) is 13.9. The number of carbonyl (C=O) groups is 3. The second-order valence-corrected chi connectivity index (χ2v) is 5.04. The Bertz CT molecular complexity index is 814. The average molecular weight is 355 g/mol. The van der Waals surface area contributed by atoms with E-state index in [1.807, 2.05) is 6.92 Å². The van der Waals surface area contributed by atoms with Crippen molar-refractivity contribution in [2.75, 3.05) is 11.9 Å². The van der Waals surface area contributed by atoms with E-state index in [-0.39, 0.29) is 5.56 Å². The van der Waals surface area contributed by atoms with Crippen molar-refractivity contribution in [1.82, 2.24) is 5.43 Å². The number of carbonyl (C=O) groups excluding carboxylic acids is 2. The van der Waals surface area contributed by atoms with Crippen molar-refractivity contribution in [3.8, 4) is 5.75 Å². The van der Waals surface area contributed by atoms with Gasteiger partial charge in [0.25, 0.3) is 0 Å². The molecule has 0 heterocycles. The fourth-order valence-corrected chi connectivity index (χ4v) is 1.92. The number of hydrogen-bond donors (Lipinski definition) is 3. The molecule has 0 saturated heterocycles. The largest absolute Gasteiger partial charge is 0.494 e. The van der Waals surface area contributed by atoms with Crippen LogP contribution in [0.5, 0.6) is 5.75 Å². The lowest BCUT2D eigenvalue weighted by atomic mass is 10.1. The molecule has 0 fully saturated rings. The zero-order chi connectivity index (χ0) is 18.9. The lowest BCUT2D eigenvalue weighted by molar-refractivity contribution is -0.136. The van der Waals surface area contributed by atoms with Crippen molar-refractivity contribution in [3.63, 3.8) is 0 Å². The van der Waals surface area contributed by atoms with Gasteiger partial charge in [-0.2, -0.15) is 5.10 Å². The van der Waals surface area contributed by atoms with Gasteiger partial charge in [0.05, 0.1) is 18.4 Å². The van der Waals surface area contributed by atoms with Crippen LogP contribution in [0.3, 0.4) is 0 Å². The van der Waals surface area contributed by atoms with E-state index in [0.717, 1.165) is 0 Å². The van der Waals surface area contributed by atoms with Crippen LogP contribution in [0.25, 0.3) is 0 Å². The summed E-state index contributed by atoms with van der Waals surface area (Å²) in [5.41, 5.74) is 3.26. The highest BCUT2D eigenvalue weighted by Crippen LogP contribution is 2.15. The maximum atomic E-state index is 11.8. The Hall–Kier alpha value is -3.68. The van der Waals surface area contributed by atoms with E-state index in [1.165, 1.54) is 30.5 Å². The Morgan fingerprint density at radius 3 is 2.27 bits per heavy atom. The smallest absolute Gasteiger partial charge is 0.335 e. The standard InChI is InChI=1S/C18H17N3O5/c1-2-26-15-9-7-14(8-10-15)20-16(22)17(23)21-19-11-12-3-5-13(6-4-12)18(24)25/h3-11H,2H2,1H3,(H,20,22)(H,21,23)(H,24,25)/b19-11+. The van der Waals surface area contributed by atoms with Crippen molar-refractivity contribution in [1.29, 1.82) is 0 Å². The van der Waals surface area contributed by atoms with Crippen LogP contribution in [0.4, 0.5) is 5.69 Å². The van der Waals surface area contributed by atoms with Gasteiger partial charge in [0.2, 0.25) is 0 Å². The predicted octanol–water partition coefficient (Wildman–Crippen LogP) is 1.87. The molecule has 0 aromatic heterocycles. The summed E-state index contributed by atoms with van der Waals surface area (Å²) in [4.78, 5) is 34.3. The molecule has 3 N–H and O–H groups in total. The summed E-state index contributed by atoms with van der Waals surface area (Å²) >= 11 is 0.